The van der Waals surface area contributed by atoms with Crippen LogP contribution in [0.4, 0.5) is 0 Å². The predicted octanol–water partition coefficient (Wildman–Crippen LogP) is 3.37. The van der Waals surface area contributed by atoms with Crippen LogP contribution in [0.3, 0.4) is 0 Å². The summed E-state index contributed by atoms with van der Waals surface area (Å²) in [5.74, 6) is 0.0868. The molecule has 17 heavy (non-hydrogen) atoms. The smallest absolute Gasteiger partial charge is 0.251 e. The van der Waals surface area contributed by atoms with Crippen molar-refractivity contribution < 1.29 is 4.79 Å². The highest BCUT2D eigenvalue weighted by Crippen LogP contribution is 2.18. The van der Waals surface area contributed by atoms with Gasteiger partial charge in [-0.2, -0.15) is 0 Å². The summed E-state index contributed by atoms with van der Waals surface area (Å²) in [6, 6.07) is 6.41. The molecule has 0 unspecified atom stereocenters. The van der Waals surface area contributed by atoms with Crippen LogP contribution < -0.4 is 5.32 Å². The molecular weight excluding hydrogens is 210 g/mol. The second kappa shape index (κ2) is 5.35. The van der Waals surface area contributed by atoms with Crippen molar-refractivity contribution in [1.29, 1.82) is 0 Å². The molecule has 1 N–H and O–H groups in total. The zero-order chi connectivity index (χ0) is 12.3. The summed E-state index contributed by atoms with van der Waals surface area (Å²) in [6.45, 7) is 4.06. The number of aryl methyl sites for hydroxylation is 2. The van der Waals surface area contributed by atoms with Gasteiger partial charge in [-0.05, 0) is 38.8 Å². The topological polar surface area (TPSA) is 29.1 Å². The van der Waals surface area contributed by atoms with E-state index in [4.69, 9.17) is 0 Å². The first-order valence-corrected chi connectivity index (χ1v) is 6.54. The molecule has 1 aromatic carbocycles. The molecule has 2 nitrogen and oxygen atoms in total. The van der Waals surface area contributed by atoms with Crippen LogP contribution in [0.2, 0.25) is 0 Å². The van der Waals surface area contributed by atoms with Crippen molar-refractivity contribution in [2.75, 3.05) is 0 Å². The largest absolute Gasteiger partial charge is 0.349 e. The van der Waals surface area contributed by atoms with E-state index in [-0.39, 0.29) is 5.91 Å². The Hall–Kier alpha value is -1.31. The second-order valence-electron chi connectivity index (χ2n) is 5.18. The molecule has 0 bridgehead atoms. The Morgan fingerprint density at radius 1 is 1.06 bits per heavy atom. The van der Waals surface area contributed by atoms with E-state index in [1.54, 1.807) is 0 Å². The first kappa shape index (κ1) is 12.2. The van der Waals surface area contributed by atoms with Gasteiger partial charge in [-0.25, -0.2) is 0 Å². The van der Waals surface area contributed by atoms with E-state index in [2.05, 4.69) is 11.4 Å². The number of benzene rings is 1. The molecule has 1 aliphatic carbocycles. The molecule has 0 spiro atoms. The Morgan fingerprint density at radius 3 is 2.24 bits per heavy atom. The van der Waals surface area contributed by atoms with Crippen molar-refractivity contribution >= 4 is 5.91 Å². The molecule has 0 heterocycles. The van der Waals surface area contributed by atoms with E-state index in [0.717, 1.165) is 29.5 Å². The predicted molar refractivity (Wildman–Crippen MR) is 70.3 cm³/mol. The highest BCUT2D eigenvalue weighted by molar-refractivity contribution is 5.94. The molecule has 2 rings (SSSR count). The summed E-state index contributed by atoms with van der Waals surface area (Å²) in [5.41, 5.74) is 3.10. The van der Waals surface area contributed by atoms with Crippen LogP contribution in [0.5, 0.6) is 0 Å². The number of carbonyl (C=O) groups is 1. The fraction of sp³-hybridized carbons (Fsp3) is 0.533. The summed E-state index contributed by atoms with van der Waals surface area (Å²) in [7, 11) is 0. The van der Waals surface area contributed by atoms with Crippen molar-refractivity contribution in [1.82, 2.24) is 5.32 Å². The van der Waals surface area contributed by atoms with Gasteiger partial charge in [0.05, 0.1) is 0 Å². The molecule has 0 aromatic heterocycles. The Kier molecular flexibility index (Phi) is 3.82. The minimum atomic E-state index is 0.0868. The van der Waals surface area contributed by atoms with Crippen LogP contribution in [0.25, 0.3) is 0 Å². The summed E-state index contributed by atoms with van der Waals surface area (Å²) in [5, 5.41) is 3.15. The summed E-state index contributed by atoms with van der Waals surface area (Å²) in [6.07, 6.45) is 6.08. The van der Waals surface area contributed by atoms with Gasteiger partial charge in [0, 0.05) is 11.6 Å². The number of hydrogen-bond acceptors (Lipinski definition) is 1. The fourth-order valence-electron chi connectivity index (χ4n) is 2.62. The van der Waals surface area contributed by atoms with Gasteiger partial charge in [-0.3, -0.25) is 4.79 Å². The molecule has 1 saturated carbocycles. The zero-order valence-electron chi connectivity index (χ0n) is 10.8. The summed E-state index contributed by atoms with van der Waals surface area (Å²) < 4.78 is 0. The van der Waals surface area contributed by atoms with E-state index in [9.17, 15) is 4.79 Å². The lowest BCUT2D eigenvalue weighted by Gasteiger charge is -2.22. The molecule has 2 heteroatoms. The molecule has 92 valence electrons. The standard InChI is InChI=1S/C15H21NO/c1-11-8-12(2)10-13(9-11)15(17)16-14-6-4-3-5-7-14/h8-10,14H,3-7H2,1-2H3,(H,16,17). The first-order valence-electron chi connectivity index (χ1n) is 6.54. The van der Waals surface area contributed by atoms with Crippen LogP contribution in [-0.4, -0.2) is 11.9 Å². The van der Waals surface area contributed by atoms with Gasteiger partial charge in [0.1, 0.15) is 0 Å². The molecule has 0 saturated heterocycles. The molecule has 0 aliphatic heterocycles. The first-order chi connectivity index (χ1) is 8.15. The van der Waals surface area contributed by atoms with Gasteiger partial charge in [-0.15, -0.1) is 0 Å². The number of nitrogens with one attached hydrogen (secondary N) is 1. The van der Waals surface area contributed by atoms with Crippen molar-refractivity contribution in [2.24, 2.45) is 0 Å². The van der Waals surface area contributed by atoms with E-state index < -0.39 is 0 Å². The number of carbonyl (C=O) groups excluding carboxylic acids is 1. The van der Waals surface area contributed by atoms with E-state index in [1.165, 1.54) is 19.3 Å². The highest BCUT2D eigenvalue weighted by Gasteiger charge is 2.16. The van der Waals surface area contributed by atoms with Crippen LogP contribution in [0.1, 0.15) is 53.6 Å². The van der Waals surface area contributed by atoms with Crippen molar-refractivity contribution in [3.8, 4) is 0 Å². The normalized spacial score (nSPS) is 16.8. The quantitative estimate of drug-likeness (QED) is 0.830. The number of rotatable bonds is 2. The lowest BCUT2D eigenvalue weighted by Crippen LogP contribution is -2.36. The number of amides is 1. The Morgan fingerprint density at radius 2 is 1.65 bits per heavy atom. The van der Waals surface area contributed by atoms with Crippen molar-refractivity contribution in [3.63, 3.8) is 0 Å². The van der Waals surface area contributed by atoms with Gasteiger partial charge in [0.2, 0.25) is 0 Å². The molecule has 0 radical (unpaired) electrons. The third-order valence-corrected chi connectivity index (χ3v) is 3.42. The van der Waals surface area contributed by atoms with Gasteiger partial charge in [-0.1, -0.05) is 36.5 Å². The van der Waals surface area contributed by atoms with Crippen molar-refractivity contribution in [3.05, 3.63) is 34.9 Å². The number of hydrogen-bond donors (Lipinski definition) is 1. The molecule has 1 amide bonds. The van der Waals surface area contributed by atoms with E-state index in [0.29, 0.717) is 6.04 Å². The third kappa shape index (κ3) is 3.32. The minimum Gasteiger partial charge on any atom is -0.349 e. The van der Waals surface area contributed by atoms with Crippen molar-refractivity contribution in [2.45, 2.75) is 52.0 Å². The van der Waals surface area contributed by atoms with Gasteiger partial charge < -0.3 is 5.32 Å². The SMILES string of the molecule is Cc1cc(C)cc(C(=O)NC2CCCCC2)c1. The zero-order valence-corrected chi connectivity index (χ0v) is 10.8. The Bertz CT molecular complexity index is 385. The average Bonchev–Trinajstić information content (AvgIpc) is 2.29. The molecular formula is C15H21NO. The van der Waals surface area contributed by atoms with E-state index in [1.807, 2.05) is 26.0 Å². The summed E-state index contributed by atoms with van der Waals surface area (Å²) >= 11 is 0. The third-order valence-electron chi connectivity index (χ3n) is 3.42. The molecule has 1 aromatic rings. The lowest BCUT2D eigenvalue weighted by atomic mass is 9.95. The van der Waals surface area contributed by atoms with Crippen LogP contribution in [0, 0.1) is 13.8 Å². The Labute approximate surface area is 103 Å². The maximum absolute atomic E-state index is 12.1. The van der Waals surface area contributed by atoms with Crippen LogP contribution >= 0.6 is 0 Å². The maximum atomic E-state index is 12.1. The van der Waals surface area contributed by atoms with Gasteiger partial charge >= 0.3 is 0 Å². The lowest BCUT2D eigenvalue weighted by molar-refractivity contribution is 0.0927. The maximum Gasteiger partial charge on any atom is 0.251 e. The monoisotopic (exact) mass is 231 g/mol. The van der Waals surface area contributed by atoms with Crippen LogP contribution in [0.15, 0.2) is 18.2 Å². The average molecular weight is 231 g/mol. The molecule has 0 atom stereocenters. The highest BCUT2D eigenvalue weighted by atomic mass is 16.1. The fourth-order valence-corrected chi connectivity index (χ4v) is 2.62. The second-order valence-corrected chi connectivity index (χ2v) is 5.18. The van der Waals surface area contributed by atoms with E-state index >= 15 is 0 Å². The molecule has 1 fully saturated rings. The Balaban J connectivity index is 2.03. The molecule has 1 aliphatic rings. The summed E-state index contributed by atoms with van der Waals surface area (Å²) in [4.78, 5) is 12.1. The van der Waals surface area contributed by atoms with Gasteiger partial charge in [0.25, 0.3) is 5.91 Å². The minimum absolute atomic E-state index is 0.0868. The van der Waals surface area contributed by atoms with Crippen LogP contribution in [-0.2, 0) is 0 Å². The van der Waals surface area contributed by atoms with Gasteiger partial charge in [0.15, 0.2) is 0 Å².